The Morgan fingerprint density at radius 2 is 1.84 bits per heavy atom. The van der Waals surface area contributed by atoms with Gasteiger partial charge in [0.15, 0.2) is 0 Å². The van der Waals surface area contributed by atoms with Crippen molar-refractivity contribution in [2.45, 2.75) is 13.8 Å². The summed E-state index contributed by atoms with van der Waals surface area (Å²) >= 11 is 3.44. The molecule has 0 heterocycles. The van der Waals surface area contributed by atoms with Gasteiger partial charge in [-0.1, -0.05) is 6.07 Å². The molecule has 0 aliphatic carbocycles. The molecule has 0 saturated heterocycles. The summed E-state index contributed by atoms with van der Waals surface area (Å²) in [7, 11) is 0. The molecule has 2 aromatic rings. The van der Waals surface area contributed by atoms with Crippen LogP contribution in [0.15, 0.2) is 40.9 Å². The zero-order valence-electron chi connectivity index (χ0n) is 10.8. The highest BCUT2D eigenvalue weighted by atomic mass is 79.9. The first-order chi connectivity index (χ1) is 8.95. The van der Waals surface area contributed by atoms with E-state index in [2.05, 4.69) is 21.2 Å². The molecule has 4 heteroatoms. The molecular weight excluding hydrogens is 304 g/mol. The molecule has 0 aliphatic rings. The predicted molar refractivity (Wildman–Crippen MR) is 82.4 cm³/mol. The molecule has 19 heavy (non-hydrogen) atoms. The van der Waals surface area contributed by atoms with Gasteiger partial charge >= 0.3 is 0 Å². The average Bonchev–Trinajstić information content (AvgIpc) is 2.31. The first kappa shape index (κ1) is 13.6. The van der Waals surface area contributed by atoms with Crippen molar-refractivity contribution >= 4 is 33.2 Å². The molecule has 0 aliphatic heterocycles. The number of halogens is 1. The zero-order valence-corrected chi connectivity index (χ0v) is 12.4. The van der Waals surface area contributed by atoms with Gasteiger partial charge in [-0.25, -0.2) is 0 Å². The summed E-state index contributed by atoms with van der Waals surface area (Å²) in [5.41, 5.74) is 9.74. The highest BCUT2D eigenvalue weighted by Gasteiger charge is 2.09. The van der Waals surface area contributed by atoms with Crippen LogP contribution in [0.2, 0.25) is 0 Å². The first-order valence-electron chi connectivity index (χ1n) is 5.90. The molecule has 0 unspecified atom stereocenters. The lowest BCUT2D eigenvalue weighted by molar-refractivity contribution is 0.102. The molecule has 0 saturated carbocycles. The van der Waals surface area contributed by atoms with E-state index >= 15 is 0 Å². The molecule has 2 aromatic carbocycles. The SMILES string of the molecule is Cc1cc(N)cc(C(=O)Nc2ccc(C)cc2Br)c1. The second-order valence-electron chi connectivity index (χ2n) is 4.57. The summed E-state index contributed by atoms with van der Waals surface area (Å²) in [6.45, 7) is 3.91. The first-order valence-corrected chi connectivity index (χ1v) is 6.69. The smallest absolute Gasteiger partial charge is 0.255 e. The summed E-state index contributed by atoms with van der Waals surface area (Å²) in [5, 5.41) is 2.87. The second-order valence-corrected chi connectivity index (χ2v) is 5.42. The normalized spacial score (nSPS) is 10.3. The number of anilines is 2. The van der Waals surface area contributed by atoms with Crippen LogP contribution in [0.4, 0.5) is 11.4 Å². The molecule has 1 amide bonds. The number of carbonyl (C=O) groups excluding carboxylic acids is 1. The van der Waals surface area contributed by atoms with E-state index in [1.54, 1.807) is 6.07 Å². The van der Waals surface area contributed by atoms with Crippen LogP contribution in [0, 0.1) is 13.8 Å². The molecule has 3 nitrogen and oxygen atoms in total. The third kappa shape index (κ3) is 3.35. The maximum atomic E-state index is 12.2. The molecule has 0 bridgehead atoms. The monoisotopic (exact) mass is 318 g/mol. The fourth-order valence-electron chi connectivity index (χ4n) is 1.86. The number of nitrogen functional groups attached to an aromatic ring is 1. The van der Waals surface area contributed by atoms with Gasteiger partial charge in [-0.15, -0.1) is 0 Å². The van der Waals surface area contributed by atoms with Crippen LogP contribution in [-0.4, -0.2) is 5.91 Å². The fourth-order valence-corrected chi connectivity index (χ4v) is 2.45. The Labute approximate surface area is 121 Å². The van der Waals surface area contributed by atoms with Crippen molar-refractivity contribution in [2.75, 3.05) is 11.1 Å². The second kappa shape index (κ2) is 5.45. The lowest BCUT2D eigenvalue weighted by Crippen LogP contribution is -2.13. The van der Waals surface area contributed by atoms with Gasteiger partial charge in [0, 0.05) is 15.7 Å². The summed E-state index contributed by atoms with van der Waals surface area (Å²) in [6, 6.07) is 11.1. The van der Waals surface area contributed by atoms with Crippen molar-refractivity contribution in [3.8, 4) is 0 Å². The van der Waals surface area contributed by atoms with Crippen LogP contribution in [0.5, 0.6) is 0 Å². The number of nitrogens with one attached hydrogen (secondary N) is 1. The third-order valence-electron chi connectivity index (χ3n) is 2.73. The maximum Gasteiger partial charge on any atom is 0.255 e. The fraction of sp³-hybridized carbons (Fsp3) is 0.133. The van der Waals surface area contributed by atoms with Gasteiger partial charge in [-0.05, 0) is 71.2 Å². The van der Waals surface area contributed by atoms with Crippen LogP contribution in [-0.2, 0) is 0 Å². The summed E-state index contributed by atoms with van der Waals surface area (Å²) in [4.78, 5) is 12.2. The van der Waals surface area contributed by atoms with E-state index in [9.17, 15) is 4.79 Å². The number of benzene rings is 2. The van der Waals surface area contributed by atoms with E-state index in [1.807, 2.05) is 44.2 Å². The highest BCUT2D eigenvalue weighted by molar-refractivity contribution is 9.10. The number of carbonyl (C=O) groups is 1. The van der Waals surface area contributed by atoms with Crippen molar-refractivity contribution in [2.24, 2.45) is 0 Å². The standard InChI is InChI=1S/C15H15BrN2O/c1-9-3-4-14(13(16)7-9)18-15(19)11-5-10(2)6-12(17)8-11/h3-8H,17H2,1-2H3,(H,18,19). The van der Waals surface area contributed by atoms with E-state index in [1.165, 1.54) is 0 Å². The number of nitrogens with two attached hydrogens (primary N) is 1. The summed E-state index contributed by atoms with van der Waals surface area (Å²) in [6.07, 6.45) is 0. The minimum atomic E-state index is -0.167. The Morgan fingerprint density at radius 3 is 2.47 bits per heavy atom. The van der Waals surface area contributed by atoms with Crippen LogP contribution >= 0.6 is 15.9 Å². The van der Waals surface area contributed by atoms with E-state index in [0.29, 0.717) is 11.3 Å². The molecule has 3 N–H and O–H groups in total. The highest BCUT2D eigenvalue weighted by Crippen LogP contribution is 2.24. The molecule has 0 fully saturated rings. The molecular formula is C15H15BrN2O. The molecule has 0 spiro atoms. The van der Waals surface area contributed by atoms with Crippen LogP contribution in [0.3, 0.4) is 0 Å². The van der Waals surface area contributed by atoms with Gasteiger partial charge in [0.2, 0.25) is 0 Å². The lowest BCUT2D eigenvalue weighted by atomic mass is 10.1. The Kier molecular flexibility index (Phi) is 3.90. The Balaban J connectivity index is 2.25. The predicted octanol–water partition coefficient (Wildman–Crippen LogP) is 3.90. The van der Waals surface area contributed by atoms with Crippen LogP contribution in [0.1, 0.15) is 21.5 Å². The van der Waals surface area contributed by atoms with Gasteiger partial charge in [0.1, 0.15) is 0 Å². The number of hydrogen-bond acceptors (Lipinski definition) is 2. The van der Waals surface area contributed by atoms with Crippen LogP contribution < -0.4 is 11.1 Å². The van der Waals surface area contributed by atoms with Crippen molar-refractivity contribution in [3.63, 3.8) is 0 Å². The third-order valence-corrected chi connectivity index (χ3v) is 3.39. The number of hydrogen-bond donors (Lipinski definition) is 2. The Bertz CT molecular complexity index is 618. The van der Waals surface area contributed by atoms with E-state index < -0.39 is 0 Å². The van der Waals surface area contributed by atoms with E-state index in [0.717, 1.165) is 21.3 Å². The minimum absolute atomic E-state index is 0.167. The van der Waals surface area contributed by atoms with Crippen LogP contribution in [0.25, 0.3) is 0 Å². The zero-order chi connectivity index (χ0) is 14.0. The van der Waals surface area contributed by atoms with Gasteiger partial charge < -0.3 is 11.1 Å². The summed E-state index contributed by atoms with van der Waals surface area (Å²) in [5.74, 6) is -0.167. The number of rotatable bonds is 2. The maximum absolute atomic E-state index is 12.2. The lowest BCUT2D eigenvalue weighted by Gasteiger charge is -2.09. The quantitative estimate of drug-likeness (QED) is 0.825. The van der Waals surface area contributed by atoms with Crippen molar-refractivity contribution in [1.29, 1.82) is 0 Å². The molecule has 0 aromatic heterocycles. The van der Waals surface area contributed by atoms with Crippen molar-refractivity contribution in [1.82, 2.24) is 0 Å². The largest absolute Gasteiger partial charge is 0.399 e. The summed E-state index contributed by atoms with van der Waals surface area (Å²) < 4.78 is 0.862. The average molecular weight is 319 g/mol. The van der Waals surface area contributed by atoms with Crippen molar-refractivity contribution in [3.05, 3.63) is 57.6 Å². The van der Waals surface area contributed by atoms with E-state index in [-0.39, 0.29) is 5.91 Å². The minimum Gasteiger partial charge on any atom is -0.399 e. The van der Waals surface area contributed by atoms with E-state index in [4.69, 9.17) is 5.73 Å². The number of amides is 1. The molecule has 98 valence electrons. The van der Waals surface area contributed by atoms with Gasteiger partial charge in [-0.2, -0.15) is 0 Å². The molecule has 2 rings (SSSR count). The number of aryl methyl sites for hydroxylation is 2. The molecule has 0 radical (unpaired) electrons. The molecule has 0 atom stereocenters. The topological polar surface area (TPSA) is 55.1 Å². The van der Waals surface area contributed by atoms with Gasteiger partial charge in [-0.3, -0.25) is 4.79 Å². The Morgan fingerprint density at radius 1 is 1.11 bits per heavy atom. The van der Waals surface area contributed by atoms with Gasteiger partial charge in [0.05, 0.1) is 5.69 Å². The van der Waals surface area contributed by atoms with Gasteiger partial charge in [0.25, 0.3) is 5.91 Å². The Hall–Kier alpha value is -1.81. The van der Waals surface area contributed by atoms with Crippen molar-refractivity contribution < 1.29 is 4.79 Å².